The summed E-state index contributed by atoms with van der Waals surface area (Å²) in [5, 5.41) is 11.8. The molecule has 1 rings (SSSR count). The molecule has 0 aromatic heterocycles. The van der Waals surface area contributed by atoms with Crippen LogP contribution in [0.5, 0.6) is 0 Å². The molecule has 1 heterocycles. The van der Waals surface area contributed by atoms with Crippen LogP contribution in [-0.4, -0.2) is 36.4 Å². The summed E-state index contributed by atoms with van der Waals surface area (Å²) in [5.74, 6) is 0. The number of hydrogen-bond donors (Lipinski definition) is 2. The van der Waals surface area contributed by atoms with E-state index in [1.54, 1.807) is 0 Å². The van der Waals surface area contributed by atoms with Crippen LogP contribution in [-0.2, 0) is 4.74 Å². The third kappa shape index (κ3) is 1.83. The average molecular weight is 158 g/mol. The average Bonchev–Trinajstić information content (AvgIpc) is 2.35. The number of aliphatic hydroxyl groups is 1. The number of aliphatic hydroxyl groups excluding tert-OH is 1. The number of nitrogens with zero attached hydrogens (tertiary/aromatic N) is 1. The zero-order valence-corrected chi connectivity index (χ0v) is 6.92. The van der Waals surface area contributed by atoms with Crippen LogP contribution in [0.3, 0.4) is 0 Å². The largest absolute Gasteiger partial charge is 0.463 e. The van der Waals surface area contributed by atoms with Crippen molar-refractivity contribution in [3.8, 4) is 0 Å². The molecule has 4 heteroatoms. The fourth-order valence-corrected chi connectivity index (χ4v) is 0.856. The fourth-order valence-electron chi connectivity index (χ4n) is 0.856. The van der Waals surface area contributed by atoms with Gasteiger partial charge in [0.2, 0.25) is 0 Å². The Morgan fingerprint density at radius 2 is 2.55 bits per heavy atom. The second-order valence-electron chi connectivity index (χ2n) is 2.89. The lowest BCUT2D eigenvalue weighted by molar-refractivity contribution is 0.168. The van der Waals surface area contributed by atoms with Crippen molar-refractivity contribution in [3.63, 3.8) is 0 Å². The van der Waals surface area contributed by atoms with Crippen molar-refractivity contribution in [3.05, 3.63) is 0 Å². The molecule has 0 fully saturated rings. The van der Waals surface area contributed by atoms with Gasteiger partial charge in [0.1, 0.15) is 12.1 Å². The normalized spacial score (nSPS) is 29.5. The van der Waals surface area contributed by atoms with Crippen molar-refractivity contribution in [1.82, 2.24) is 5.32 Å². The van der Waals surface area contributed by atoms with Crippen molar-refractivity contribution >= 4 is 6.02 Å². The molecule has 0 aromatic carbocycles. The highest BCUT2D eigenvalue weighted by Gasteiger charge is 2.30. The highest BCUT2D eigenvalue weighted by atomic mass is 16.5. The summed E-state index contributed by atoms with van der Waals surface area (Å²) in [6.07, 6.45) is 0. The number of ether oxygens (including phenoxy) is 1. The van der Waals surface area contributed by atoms with E-state index in [0.717, 1.165) is 6.54 Å². The van der Waals surface area contributed by atoms with Gasteiger partial charge in [0.05, 0.1) is 6.61 Å². The van der Waals surface area contributed by atoms with Crippen LogP contribution in [0.25, 0.3) is 0 Å². The molecule has 4 nitrogen and oxygen atoms in total. The van der Waals surface area contributed by atoms with E-state index in [-0.39, 0.29) is 6.61 Å². The predicted molar refractivity (Wildman–Crippen MR) is 42.6 cm³/mol. The standard InChI is InChI=1S/C7H14N2O2/c1-3-8-6-9-7(2,4-10)5-11-6/h10H,3-5H2,1-2H3,(H,8,9). The van der Waals surface area contributed by atoms with Gasteiger partial charge in [0, 0.05) is 6.54 Å². The molecule has 0 spiro atoms. The Labute approximate surface area is 66.3 Å². The zero-order chi connectivity index (χ0) is 8.32. The minimum absolute atomic E-state index is 0.0297. The molecule has 0 radical (unpaired) electrons. The van der Waals surface area contributed by atoms with Gasteiger partial charge in [-0.15, -0.1) is 0 Å². The van der Waals surface area contributed by atoms with E-state index >= 15 is 0 Å². The van der Waals surface area contributed by atoms with Crippen LogP contribution >= 0.6 is 0 Å². The first kappa shape index (κ1) is 8.33. The first-order valence-corrected chi connectivity index (χ1v) is 3.77. The molecule has 0 saturated carbocycles. The Morgan fingerprint density at radius 1 is 1.82 bits per heavy atom. The number of hydrogen-bond acceptors (Lipinski definition) is 4. The van der Waals surface area contributed by atoms with Gasteiger partial charge in [0.15, 0.2) is 0 Å². The molecule has 0 aromatic rings. The fraction of sp³-hybridized carbons (Fsp3) is 0.857. The second kappa shape index (κ2) is 3.09. The third-order valence-electron chi connectivity index (χ3n) is 1.56. The van der Waals surface area contributed by atoms with Crippen molar-refractivity contribution in [2.75, 3.05) is 19.8 Å². The van der Waals surface area contributed by atoms with Gasteiger partial charge >= 0.3 is 0 Å². The molecule has 0 amide bonds. The lowest BCUT2D eigenvalue weighted by atomic mass is 10.1. The molecule has 1 aliphatic heterocycles. The lowest BCUT2D eigenvalue weighted by Crippen LogP contribution is -2.28. The topological polar surface area (TPSA) is 53.9 Å². The third-order valence-corrected chi connectivity index (χ3v) is 1.56. The van der Waals surface area contributed by atoms with Crippen LogP contribution in [0.15, 0.2) is 4.99 Å². The van der Waals surface area contributed by atoms with E-state index in [9.17, 15) is 0 Å². The SMILES string of the molecule is CCNC1=NC(C)(CO)CO1. The van der Waals surface area contributed by atoms with E-state index < -0.39 is 5.54 Å². The molecule has 2 N–H and O–H groups in total. The molecule has 1 atom stereocenters. The number of nitrogens with one attached hydrogen (secondary N) is 1. The van der Waals surface area contributed by atoms with Gasteiger partial charge in [0.25, 0.3) is 6.02 Å². The summed E-state index contributed by atoms with van der Waals surface area (Å²) in [6, 6.07) is 0.545. The molecule has 0 aliphatic carbocycles. The Morgan fingerprint density at radius 3 is 3.00 bits per heavy atom. The number of aliphatic imine (C=N–C) groups is 1. The maximum absolute atomic E-state index is 8.90. The van der Waals surface area contributed by atoms with E-state index in [1.807, 2.05) is 13.8 Å². The van der Waals surface area contributed by atoms with Crippen molar-refractivity contribution in [1.29, 1.82) is 0 Å². The van der Waals surface area contributed by atoms with Gasteiger partial charge in [-0.25, -0.2) is 4.99 Å². The first-order valence-electron chi connectivity index (χ1n) is 3.77. The molecular weight excluding hydrogens is 144 g/mol. The van der Waals surface area contributed by atoms with E-state index in [2.05, 4.69) is 10.3 Å². The lowest BCUT2D eigenvalue weighted by Gasteiger charge is -2.12. The van der Waals surface area contributed by atoms with E-state index in [0.29, 0.717) is 12.6 Å². The summed E-state index contributed by atoms with van der Waals surface area (Å²) in [7, 11) is 0. The number of amidine groups is 1. The molecule has 64 valence electrons. The van der Waals surface area contributed by atoms with Crippen LogP contribution in [0.4, 0.5) is 0 Å². The van der Waals surface area contributed by atoms with E-state index in [4.69, 9.17) is 9.84 Å². The van der Waals surface area contributed by atoms with Crippen LogP contribution < -0.4 is 5.32 Å². The van der Waals surface area contributed by atoms with Crippen LogP contribution in [0, 0.1) is 0 Å². The van der Waals surface area contributed by atoms with Crippen LogP contribution in [0.1, 0.15) is 13.8 Å². The minimum Gasteiger partial charge on any atom is -0.463 e. The van der Waals surface area contributed by atoms with Crippen molar-refractivity contribution in [2.24, 2.45) is 4.99 Å². The molecule has 1 unspecified atom stereocenters. The molecular formula is C7H14N2O2. The van der Waals surface area contributed by atoms with Crippen molar-refractivity contribution in [2.45, 2.75) is 19.4 Å². The summed E-state index contributed by atoms with van der Waals surface area (Å²) < 4.78 is 5.18. The summed E-state index contributed by atoms with van der Waals surface area (Å²) in [6.45, 7) is 5.12. The smallest absolute Gasteiger partial charge is 0.285 e. The molecule has 1 aliphatic rings. The van der Waals surface area contributed by atoms with Gasteiger partial charge in [-0.05, 0) is 13.8 Å². The van der Waals surface area contributed by atoms with Gasteiger partial charge in [-0.2, -0.15) is 0 Å². The first-order chi connectivity index (χ1) is 5.20. The summed E-state index contributed by atoms with van der Waals surface area (Å²) >= 11 is 0. The van der Waals surface area contributed by atoms with Gasteiger partial charge < -0.3 is 15.2 Å². The van der Waals surface area contributed by atoms with Gasteiger partial charge in [-0.3, -0.25) is 0 Å². The van der Waals surface area contributed by atoms with Gasteiger partial charge in [-0.1, -0.05) is 0 Å². The number of rotatable bonds is 2. The summed E-state index contributed by atoms with van der Waals surface area (Å²) in [4.78, 5) is 4.16. The highest BCUT2D eigenvalue weighted by molar-refractivity contribution is 5.75. The minimum atomic E-state index is -0.433. The molecule has 0 bridgehead atoms. The molecule has 11 heavy (non-hydrogen) atoms. The Balaban J connectivity index is 2.53. The maximum atomic E-state index is 8.90. The predicted octanol–water partition coefficient (Wildman–Crippen LogP) is -0.267. The summed E-state index contributed by atoms with van der Waals surface area (Å²) in [5.41, 5.74) is -0.433. The highest BCUT2D eigenvalue weighted by Crippen LogP contribution is 2.15. The Bertz CT molecular complexity index is 170. The Kier molecular flexibility index (Phi) is 2.34. The second-order valence-corrected chi connectivity index (χ2v) is 2.89. The van der Waals surface area contributed by atoms with Crippen LogP contribution in [0.2, 0.25) is 0 Å². The van der Waals surface area contributed by atoms with Crippen molar-refractivity contribution < 1.29 is 9.84 Å². The maximum Gasteiger partial charge on any atom is 0.285 e. The zero-order valence-electron chi connectivity index (χ0n) is 6.92. The monoisotopic (exact) mass is 158 g/mol. The quantitative estimate of drug-likeness (QED) is 0.582. The Hall–Kier alpha value is -0.770. The molecule has 0 saturated heterocycles. The van der Waals surface area contributed by atoms with E-state index in [1.165, 1.54) is 0 Å².